The van der Waals surface area contributed by atoms with Crippen LogP contribution in [0.5, 0.6) is 0 Å². The van der Waals surface area contributed by atoms with Crippen molar-refractivity contribution in [2.45, 2.75) is 58.4 Å². The molecule has 0 radical (unpaired) electrons. The molecule has 2 aliphatic rings. The molecule has 0 spiro atoms. The third kappa shape index (κ3) is 6.48. The molecule has 44 heavy (non-hydrogen) atoms. The number of hydrogen-bond donors (Lipinski definition) is 0. The van der Waals surface area contributed by atoms with Crippen molar-refractivity contribution in [3.63, 3.8) is 0 Å². The zero-order valence-corrected chi connectivity index (χ0v) is 28.2. The molecule has 4 nitrogen and oxygen atoms in total. The Balaban J connectivity index is 1.38. The largest absolute Gasteiger partial charge is 0.405 e. The normalized spacial score (nSPS) is 19.8. The van der Waals surface area contributed by atoms with Gasteiger partial charge < -0.3 is 14.1 Å². The zero-order chi connectivity index (χ0) is 30.5. The summed E-state index contributed by atoms with van der Waals surface area (Å²) in [6.07, 6.45) is 6.41. The van der Waals surface area contributed by atoms with Crippen LogP contribution in [0.4, 0.5) is 0 Å². The zero-order valence-electron chi connectivity index (χ0n) is 25.6. The van der Waals surface area contributed by atoms with Gasteiger partial charge in [-0.1, -0.05) is 118 Å². The maximum absolute atomic E-state index is 7.41. The number of rotatable bonds is 10. The van der Waals surface area contributed by atoms with Crippen LogP contribution in [0, 0.1) is 0 Å². The molecular formula is C37H40N2O2S2Si. The molecule has 4 aromatic rings. The van der Waals surface area contributed by atoms with E-state index in [1.54, 1.807) is 0 Å². The minimum atomic E-state index is -2.72. The van der Waals surface area contributed by atoms with Gasteiger partial charge in [0.25, 0.3) is 8.32 Å². The van der Waals surface area contributed by atoms with Gasteiger partial charge in [0.15, 0.2) is 6.23 Å². The highest BCUT2D eigenvalue weighted by atomic mass is 32.2. The average molecular weight is 637 g/mol. The Morgan fingerprint density at radius 3 is 1.75 bits per heavy atom. The lowest BCUT2D eigenvalue weighted by atomic mass is 10.2. The van der Waals surface area contributed by atoms with Gasteiger partial charge in [-0.2, -0.15) is 0 Å². The summed E-state index contributed by atoms with van der Waals surface area (Å²) in [6, 6.07) is 43.1. The highest BCUT2D eigenvalue weighted by Crippen LogP contribution is 2.56. The maximum atomic E-state index is 7.41. The van der Waals surface area contributed by atoms with E-state index in [2.05, 4.69) is 158 Å². The summed E-state index contributed by atoms with van der Waals surface area (Å²) in [4.78, 5) is 9.20. The molecule has 0 aliphatic carbocycles. The fraction of sp³-hybridized carbons (Fsp3) is 0.270. The fourth-order valence-electron chi connectivity index (χ4n) is 6.30. The van der Waals surface area contributed by atoms with Gasteiger partial charge in [0.05, 0.1) is 19.0 Å². The molecule has 226 valence electrons. The lowest BCUT2D eigenvalue weighted by Gasteiger charge is -2.43. The predicted octanol–water partition coefficient (Wildman–Crippen LogP) is 7.82. The summed E-state index contributed by atoms with van der Waals surface area (Å²) in [5.41, 5.74) is 0. The van der Waals surface area contributed by atoms with Crippen molar-refractivity contribution in [3.05, 3.63) is 134 Å². The number of benzene rings is 4. The minimum Gasteiger partial charge on any atom is -0.405 e. The second-order valence-corrected chi connectivity index (χ2v) is 19.6. The molecule has 2 aliphatic heterocycles. The van der Waals surface area contributed by atoms with E-state index < -0.39 is 8.32 Å². The van der Waals surface area contributed by atoms with Gasteiger partial charge in [0.1, 0.15) is 4.08 Å². The van der Waals surface area contributed by atoms with Crippen molar-refractivity contribution in [1.82, 2.24) is 4.90 Å². The molecule has 0 bridgehead atoms. The van der Waals surface area contributed by atoms with Gasteiger partial charge >= 0.3 is 0 Å². The predicted molar refractivity (Wildman–Crippen MR) is 189 cm³/mol. The lowest BCUT2D eigenvalue weighted by molar-refractivity contribution is -0.0357. The van der Waals surface area contributed by atoms with E-state index in [1.165, 1.54) is 20.2 Å². The summed E-state index contributed by atoms with van der Waals surface area (Å²) in [6.45, 7) is 8.25. The van der Waals surface area contributed by atoms with Crippen LogP contribution < -0.4 is 10.4 Å². The standard InChI is InChI=1S/C37H40N2O2S2Si/c1-36(2,3)44(33-21-12-6-13-22-33,34-23-14-7-15-24-34)40-28-30-27-37(42-31-17-8-4-9-18-31,43-32-19-10-5-11-20-32)35(41-30)39-26-16-25-38-29-39/h4-25,29-30,35H,26-28H2,1-3H3/t30-,35-/m0/s1. The van der Waals surface area contributed by atoms with Crippen molar-refractivity contribution in [2.24, 2.45) is 4.99 Å². The molecule has 2 heterocycles. The Labute approximate surface area is 271 Å². The number of hydrogen-bond acceptors (Lipinski definition) is 6. The third-order valence-corrected chi connectivity index (χ3v) is 16.2. The van der Waals surface area contributed by atoms with Gasteiger partial charge in [-0.3, -0.25) is 0 Å². The minimum absolute atomic E-state index is 0.103. The van der Waals surface area contributed by atoms with Crippen molar-refractivity contribution >= 4 is 48.6 Å². The Kier molecular flexibility index (Phi) is 9.50. The quantitative estimate of drug-likeness (QED) is 0.131. The van der Waals surface area contributed by atoms with Gasteiger partial charge in [-0.15, -0.1) is 23.5 Å². The third-order valence-electron chi connectivity index (χ3n) is 8.20. The van der Waals surface area contributed by atoms with Crippen molar-refractivity contribution in [2.75, 3.05) is 13.2 Å². The van der Waals surface area contributed by atoms with Crippen LogP contribution in [0.1, 0.15) is 27.2 Å². The van der Waals surface area contributed by atoms with Crippen LogP contribution in [0.2, 0.25) is 5.04 Å². The highest BCUT2D eigenvalue weighted by molar-refractivity contribution is 8.18. The summed E-state index contributed by atoms with van der Waals surface area (Å²) < 4.78 is 14.2. The van der Waals surface area contributed by atoms with E-state index in [0.29, 0.717) is 6.61 Å². The van der Waals surface area contributed by atoms with E-state index in [0.717, 1.165) is 13.0 Å². The smallest absolute Gasteiger partial charge is 0.261 e. The van der Waals surface area contributed by atoms with E-state index in [9.17, 15) is 0 Å². The Morgan fingerprint density at radius 1 is 0.795 bits per heavy atom. The molecule has 0 unspecified atom stereocenters. The topological polar surface area (TPSA) is 34.1 Å². The fourth-order valence-corrected chi connectivity index (χ4v) is 14.1. The average Bonchev–Trinajstić information content (AvgIpc) is 3.40. The second-order valence-electron chi connectivity index (χ2n) is 12.3. The summed E-state index contributed by atoms with van der Waals surface area (Å²) in [5, 5.41) is 2.46. The van der Waals surface area contributed by atoms with Crippen LogP contribution in [0.15, 0.2) is 148 Å². The number of thioether (sulfide) groups is 2. The lowest BCUT2D eigenvalue weighted by Crippen LogP contribution is -2.67. The maximum Gasteiger partial charge on any atom is 0.261 e. The first-order valence-electron chi connectivity index (χ1n) is 15.2. The number of nitrogens with zero attached hydrogens (tertiary/aromatic N) is 2. The second kappa shape index (κ2) is 13.5. The van der Waals surface area contributed by atoms with Crippen LogP contribution >= 0.6 is 23.5 Å². The van der Waals surface area contributed by atoms with E-state index in [4.69, 9.17) is 9.16 Å². The molecule has 1 fully saturated rings. The first kappa shape index (κ1) is 30.9. The van der Waals surface area contributed by atoms with Gasteiger partial charge in [0.2, 0.25) is 0 Å². The Hall–Kier alpha value is -3.07. The molecule has 1 saturated heterocycles. The molecule has 2 atom stereocenters. The Morgan fingerprint density at radius 2 is 1.30 bits per heavy atom. The summed E-state index contributed by atoms with van der Waals surface area (Å²) >= 11 is 3.79. The van der Waals surface area contributed by atoms with Crippen molar-refractivity contribution in [3.8, 4) is 0 Å². The molecule has 7 heteroatoms. The first-order valence-corrected chi connectivity index (χ1v) is 18.8. The number of aliphatic imine (C=N–C) groups is 1. The van der Waals surface area contributed by atoms with Gasteiger partial charge in [-0.05, 0) is 45.8 Å². The van der Waals surface area contributed by atoms with E-state index in [-0.39, 0.29) is 21.4 Å². The summed E-state index contributed by atoms with van der Waals surface area (Å²) in [5.74, 6) is 0. The highest BCUT2D eigenvalue weighted by Gasteiger charge is 2.55. The van der Waals surface area contributed by atoms with E-state index >= 15 is 0 Å². The van der Waals surface area contributed by atoms with Crippen molar-refractivity contribution in [1.29, 1.82) is 0 Å². The van der Waals surface area contributed by atoms with E-state index in [1.807, 2.05) is 36.1 Å². The molecule has 6 rings (SSSR count). The Bertz CT molecular complexity index is 1470. The molecule has 0 saturated carbocycles. The molecule has 4 aromatic carbocycles. The summed E-state index contributed by atoms with van der Waals surface area (Å²) in [7, 11) is -2.72. The monoisotopic (exact) mass is 636 g/mol. The van der Waals surface area contributed by atoms with Gasteiger partial charge in [-0.25, -0.2) is 4.99 Å². The van der Waals surface area contributed by atoms with Crippen LogP contribution in [-0.2, 0) is 9.16 Å². The van der Waals surface area contributed by atoms with Gasteiger partial charge in [0, 0.05) is 29.0 Å². The number of ether oxygens (including phenoxy) is 1. The molecule has 0 N–H and O–H groups in total. The first-order chi connectivity index (χ1) is 21.4. The molecular weight excluding hydrogens is 597 g/mol. The SMILES string of the molecule is CC(C)(C)[Si](OC[C@@H]1CC(Sc2ccccc2)(Sc2ccccc2)[C@@H](N2C=NC=CC2)O1)(c1ccccc1)c1ccccc1. The van der Waals surface area contributed by atoms with Crippen LogP contribution in [-0.4, -0.2) is 49.1 Å². The van der Waals surface area contributed by atoms with Crippen molar-refractivity contribution < 1.29 is 9.16 Å². The van der Waals surface area contributed by atoms with Crippen LogP contribution in [0.25, 0.3) is 0 Å². The van der Waals surface area contributed by atoms with Crippen LogP contribution in [0.3, 0.4) is 0 Å². The molecule has 0 amide bonds. The molecule has 0 aromatic heterocycles.